The number of morpholine rings is 1. The summed E-state index contributed by atoms with van der Waals surface area (Å²) < 4.78 is 16.5. The molecule has 172 valence electrons. The lowest BCUT2D eigenvalue weighted by Gasteiger charge is -2.35. The normalized spacial score (nSPS) is 15.6. The predicted octanol–water partition coefficient (Wildman–Crippen LogP) is 3.51. The molecule has 1 aliphatic rings. The zero-order valence-electron chi connectivity index (χ0n) is 18.4. The van der Waals surface area contributed by atoms with Gasteiger partial charge in [0.05, 0.1) is 40.0 Å². The second-order valence-electron chi connectivity index (χ2n) is 6.93. The third-order valence-corrected chi connectivity index (χ3v) is 5.92. The van der Waals surface area contributed by atoms with Gasteiger partial charge < -0.3 is 24.8 Å². The number of ether oxygens (including phenoxy) is 3. The molecule has 7 nitrogen and oxygen atoms in total. The molecule has 3 rings (SSSR count). The van der Waals surface area contributed by atoms with E-state index in [1.54, 1.807) is 25.6 Å². The minimum Gasteiger partial charge on any atom is -0.493 e. The van der Waals surface area contributed by atoms with E-state index in [4.69, 9.17) is 19.2 Å². The summed E-state index contributed by atoms with van der Waals surface area (Å²) in [6.07, 6.45) is 0. The number of hydrogen-bond donors (Lipinski definition) is 2. The number of nitrogens with zero attached hydrogens (tertiary/aromatic N) is 2. The van der Waals surface area contributed by atoms with Gasteiger partial charge in [-0.2, -0.15) is 0 Å². The van der Waals surface area contributed by atoms with Crippen LogP contribution in [0.5, 0.6) is 11.5 Å². The van der Waals surface area contributed by atoms with Crippen LogP contribution >= 0.6 is 35.3 Å². The van der Waals surface area contributed by atoms with Gasteiger partial charge in [-0.05, 0) is 36.1 Å². The molecule has 0 amide bonds. The van der Waals surface area contributed by atoms with Crippen LogP contribution in [-0.2, 0) is 11.3 Å². The van der Waals surface area contributed by atoms with Gasteiger partial charge in [0.15, 0.2) is 17.5 Å². The van der Waals surface area contributed by atoms with Gasteiger partial charge in [-0.25, -0.2) is 4.99 Å². The van der Waals surface area contributed by atoms with Crippen LogP contribution in [0.1, 0.15) is 23.4 Å². The van der Waals surface area contributed by atoms with Crippen molar-refractivity contribution in [1.82, 2.24) is 15.5 Å². The third-order valence-electron chi connectivity index (χ3n) is 5.06. The smallest absolute Gasteiger partial charge is 0.191 e. The molecule has 1 saturated heterocycles. The van der Waals surface area contributed by atoms with Gasteiger partial charge in [0.25, 0.3) is 0 Å². The Labute approximate surface area is 206 Å². The lowest BCUT2D eigenvalue weighted by atomic mass is 10.0. The second kappa shape index (κ2) is 13.8. The van der Waals surface area contributed by atoms with Crippen molar-refractivity contribution in [3.8, 4) is 11.5 Å². The summed E-state index contributed by atoms with van der Waals surface area (Å²) in [5.74, 6) is 2.30. The summed E-state index contributed by atoms with van der Waals surface area (Å²) in [6.45, 7) is 7.57. The molecule has 0 saturated carbocycles. The van der Waals surface area contributed by atoms with E-state index in [1.165, 1.54) is 10.4 Å². The molecular weight excluding hydrogens is 527 g/mol. The summed E-state index contributed by atoms with van der Waals surface area (Å²) in [4.78, 5) is 8.44. The maximum absolute atomic E-state index is 5.57. The van der Waals surface area contributed by atoms with E-state index >= 15 is 0 Å². The highest BCUT2D eigenvalue weighted by molar-refractivity contribution is 14.0. The maximum atomic E-state index is 5.57. The van der Waals surface area contributed by atoms with Crippen molar-refractivity contribution in [2.24, 2.45) is 4.99 Å². The molecule has 1 aromatic heterocycles. The van der Waals surface area contributed by atoms with E-state index in [1.807, 2.05) is 6.07 Å². The molecule has 1 aliphatic heterocycles. The molecule has 2 heterocycles. The van der Waals surface area contributed by atoms with Crippen LogP contribution in [0.15, 0.2) is 40.7 Å². The van der Waals surface area contributed by atoms with Gasteiger partial charge in [-0.3, -0.25) is 4.90 Å². The van der Waals surface area contributed by atoms with Crippen molar-refractivity contribution in [2.45, 2.75) is 19.5 Å². The van der Waals surface area contributed by atoms with Gasteiger partial charge in [0, 0.05) is 31.1 Å². The first-order valence-electron chi connectivity index (χ1n) is 10.3. The Bertz CT molecular complexity index is 798. The van der Waals surface area contributed by atoms with Crippen molar-refractivity contribution in [1.29, 1.82) is 0 Å². The molecule has 2 aromatic rings. The first-order valence-corrected chi connectivity index (χ1v) is 11.2. The summed E-state index contributed by atoms with van der Waals surface area (Å²) in [5.41, 5.74) is 1.18. The number of halogens is 1. The van der Waals surface area contributed by atoms with E-state index in [-0.39, 0.29) is 30.0 Å². The fraction of sp³-hybridized carbons (Fsp3) is 0.500. The van der Waals surface area contributed by atoms with Crippen LogP contribution in [0.25, 0.3) is 0 Å². The van der Waals surface area contributed by atoms with Crippen LogP contribution in [0, 0.1) is 0 Å². The van der Waals surface area contributed by atoms with E-state index in [2.05, 4.69) is 52.1 Å². The Balaban J connectivity index is 0.00000341. The largest absolute Gasteiger partial charge is 0.493 e. The molecule has 1 atom stereocenters. The molecule has 1 aromatic carbocycles. The average Bonchev–Trinajstić information content (AvgIpc) is 3.31. The number of aliphatic imine (C=N–C) groups is 1. The minimum atomic E-state index is 0. The van der Waals surface area contributed by atoms with Crippen molar-refractivity contribution in [3.05, 3.63) is 46.2 Å². The Morgan fingerprint density at radius 2 is 1.94 bits per heavy atom. The van der Waals surface area contributed by atoms with E-state index in [0.29, 0.717) is 6.54 Å². The van der Waals surface area contributed by atoms with Gasteiger partial charge in [-0.15, -0.1) is 35.3 Å². The molecule has 9 heteroatoms. The molecule has 0 bridgehead atoms. The zero-order chi connectivity index (χ0) is 21.2. The van der Waals surface area contributed by atoms with Crippen LogP contribution < -0.4 is 20.1 Å². The SMILES string of the molecule is CCNC(=NCc1cccs1)NCC(c1ccc(OC)c(OC)c1)N1CCOCC1.I. The fourth-order valence-electron chi connectivity index (χ4n) is 3.50. The van der Waals surface area contributed by atoms with E-state index in [0.717, 1.165) is 56.9 Å². The number of hydrogen-bond acceptors (Lipinski definition) is 6. The number of benzene rings is 1. The molecule has 0 radical (unpaired) electrons. The Morgan fingerprint density at radius 1 is 1.16 bits per heavy atom. The Kier molecular flexibility index (Phi) is 11.4. The van der Waals surface area contributed by atoms with Crippen LogP contribution in [0.2, 0.25) is 0 Å². The highest BCUT2D eigenvalue weighted by Crippen LogP contribution is 2.32. The van der Waals surface area contributed by atoms with E-state index < -0.39 is 0 Å². The third kappa shape index (κ3) is 7.51. The topological polar surface area (TPSA) is 67.4 Å². The summed E-state index contributed by atoms with van der Waals surface area (Å²) in [5, 5.41) is 8.97. The van der Waals surface area contributed by atoms with Crippen LogP contribution in [0.3, 0.4) is 0 Å². The molecule has 1 fully saturated rings. The maximum Gasteiger partial charge on any atom is 0.191 e. The Morgan fingerprint density at radius 3 is 2.58 bits per heavy atom. The molecule has 2 N–H and O–H groups in total. The van der Waals surface area contributed by atoms with Gasteiger partial charge in [-0.1, -0.05) is 12.1 Å². The summed E-state index contributed by atoms with van der Waals surface area (Å²) >= 11 is 1.72. The summed E-state index contributed by atoms with van der Waals surface area (Å²) in [7, 11) is 3.33. The van der Waals surface area contributed by atoms with E-state index in [9.17, 15) is 0 Å². The van der Waals surface area contributed by atoms with Gasteiger partial charge >= 0.3 is 0 Å². The first kappa shape index (κ1) is 25.7. The van der Waals surface area contributed by atoms with Gasteiger partial charge in [0.1, 0.15) is 0 Å². The predicted molar refractivity (Wildman–Crippen MR) is 137 cm³/mol. The van der Waals surface area contributed by atoms with Gasteiger partial charge in [0.2, 0.25) is 0 Å². The average molecular weight is 561 g/mol. The number of nitrogens with one attached hydrogen (secondary N) is 2. The van der Waals surface area contributed by atoms with Crippen molar-refractivity contribution in [2.75, 3.05) is 53.6 Å². The number of rotatable bonds is 9. The van der Waals surface area contributed by atoms with Crippen LogP contribution in [-0.4, -0.2) is 64.5 Å². The number of guanidine groups is 1. The monoisotopic (exact) mass is 560 g/mol. The highest BCUT2D eigenvalue weighted by Gasteiger charge is 2.24. The molecule has 0 spiro atoms. The second-order valence-corrected chi connectivity index (χ2v) is 7.97. The lowest BCUT2D eigenvalue weighted by Crippen LogP contribution is -2.46. The standard InChI is InChI=1S/C22H32N4O3S.HI/c1-4-23-22(24-15-18-6-5-13-30-18)25-16-19(26-9-11-29-12-10-26)17-7-8-20(27-2)21(14-17)28-3;/h5-8,13-14,19H,4,9-12,15-16H2,1-3H3,(H2,23,24,25);1H. The number of methoxy groups -OCH3 is 2. The minimum absolute atomic E-state index is 0. The van der Waals surface area contributed by atoms with Crippen molar-refractivity contribution < 1.29 is 14.2 Å². The highest BCUT2D eigenvalue weighted by atomic mass is 127. The lowest BCUT2D eigenvalue weighted by molar-refractivity contribution is 0.0169. The first-order chi connectivity index (χ1) is 14.7. The quantitative estimate of drug-likeness (QED) is 0.278. The molecule has 31 heavy (non-hydrogen) atoms. The molecule has 0 aliphatic carbocycles. The van der Waals surface area contributed by atoms with Crippen LogP contribution in [0.4, 0.5) is 0 Å². The molecule has 1 unspecified atom stereocenters. The Hall–Kier alpha value is -1.56. The summed E-state index contributed by atoms with van der Waals surface area (Å²) in [6, 6.07) is 10.5. The number of thiophene rings is 1. The van der Waals surface area contributed by atoms with Crippen molar-refractivity contribution >= 4 is 41.3 Å². The zero-order valence-corrected chi connectivity index (χ0v) is 21.6. The fourth-order valence-corrected chi connectivity index (χ4v) is 4.13. The van der Waals surface area contributed by atoms with Crippen molar-refractivity contribution in [3.63, 3.8) is 0 Å². The molecular formula is C22H33IN4O3S.